The molecule has 1 rings (SSSR count). The van der Waals surface area contributed by atoms with E-state index in [9.17, 15) is 0 Å². The summed E-state index contributed by atoms with van der Waals surface area (Å²) in [5.41, 5.74) is 5.96. The van der Waals surface area contributed by atoms with Crippen LogP contribution in [0.5, 0.6) is 0 Å². The van der Waals surface area contributed by atoms with Gasteiger partial charge >= 0.3 is 0 Å². The molecule has 0 bridgehead atoms. The Bertz CT molecular complexity index is 194. The summed E-state index contributed by atoms with van der Waals surface area (Å²) in [5, 5.41) is 0. The largest absolute Gasteiger partial charge is 0.383 e. The molecule has 4 heteroatoms. The average Bonchev–Trinajstić information content (AvgIpc) is 2.32. The average molecular weight is 244 g/mol. The second-order valence-corrected chi connectivity index (χ2v) is 5.10. The van der Waals surface area contributed by atoms with Crippen molar-refractivity contribution in [2.75, 3.05) is 34.0 Å². The zero-order chi connectivity index (χ0) is 12.7. The molecule has 1 fully saturated rings. The molecule has 0 radical (unpaired) electrons. The van der Waals surface area contributed by atoms with Crippen molar-refractivity contribution < 1.29 is 9.47 Å². The van der Waals surface area contributed by atoms with Gasteiger partial charge in [-0.2, -0.15) is 0 Å². The van der Waals surface area contributed by atoms with Crippen molar-refractivity contribution >= 4 is 0 Å². The van der Waals surface area contributed by atoms with E-state index >= 15 is 0 Å². The van der Waals surface area contributed by atoms with E-state index in [4.69, 9.17) is 15.2 Å². The SMILES string of the molecule is COCCN(C(C)COC)C1CCC(N)CC1. The maximum Gasteiger partial charge on any atom is 0.0615 e. The summed E-state index contributed by atoms with van der Waals surface area (Å²) < 4.78 is 10.5. The van der Waals surface area contributed by atoms with Gasteiger partial charge in [0.05, 0.1) is 13.2 Å². The third kappa shape index (κ3) is 4.92. The Morgan fingerprint density at radius 3 is 2.35 bits per heavy atom. The highest BCUT2D eigenvalue weighted by molar-refractivity contribution is 4.83. The van der Waals surface area contributed by atoms with E-state index in [1.807, 2.05) is 0 Å². The molecule has 0 aromatic rings. The van der Waals surface area contributed by atoms with Crippen LogP contribution in [0.15, 0.2) is 0 Å². The zero-order valence-electron chi connectivity index (χ0n) is 11.5. The van der Waals surface area contributed by atoms with Crippen LogP contribution in [-0.4, -0.2) is 57.0 Å². The molecule has 0 amide bonds. The first-order valence-corrected chi connectivity index (χ1v) is 6.68. The van der Waals surface area contributed by atoms with E-state index in [1.54, 1.807) is 14.2 Å². The minimum atomic E-state index is 0.410. The van der Waals surface area contributed by atoms with Gasteiger partial charge in [0.1, 0.15) is 0 Å². The highest BCUT2D eigenvalue weighted by atomic mass is 16.5. The smallest absolute Gasteiger partial charge is 0.0615 e. The van der Waals surface area contributed by atoms with Crippen molar-refractivity contribution in [3.63, 3.8) is 0 Å². The molecule has 1 aliphatic carbocycles. The number of hydrogen-bond acceptors (Lipinski definition) is 4. The number of rotatable bonds is 7. The molecule has 0 spiro atoms. The first-order chi connectivity index (χ1) is 8.19. The molecule has 1 saturated carbocycles. The Labute approximate surface area is 105 Å². The Hall–Kier alpha value is -0.160. The van der Waals surface area contributed by atoms with Crippen molar-refractivity contribution in [2.24, 2.45) is 5.73 Å². The lowest BCUT2D eigenvalue weighted by atomic mass is 9.90. The summed E-state index contributed by atoms with van der Waals surface area (Å²) in [7, 11) is 3.53. The van der Waals surface area contributed by atoms with Crippen molar-refractivity contribution in [1.29, 1.82) is 0 Å². The van der Waals surface area contributed by atoms with Gasteiger partial charge in [0.15, 0.2) is 0 Å². The van der Waals surface area contributed by atoms with E-state index in [2.05, 4.69) is 11.8 Å². The summed E-state index contributed by atoms with van der Waals surface area (Å²) in [6, 6.07) is 1.51. The number of nitrogens with zero attached hydrogens (tertiary/aromatic N) is 1. The molecule has 0 aromatic carbocycles. The molecular formula is C13H28N2O2. The monoisotopic (exact) mass is 244 g/mol. The molecular weight excluding hydrogens is 216 g/mol. The van der Waals surface area contributed by atoms with Gasteiger partial charge in [0.25, 0.3) is 0 Å². The fourth-order valence-corrected chi connectivity index (χ4v) is 2.73. The second-order valence-electron chi connectivity index (χ2n) is 5.10. The number of hydrogen-bond donors (Lipinski definition) is 1. The van der Waals surface area contributed by atoms with Gasteiger partial charge in [0.2, 0.25) is 0 Å². The summed E-state index contributed by atoms with van der Waals surface area (Å²) in [6.45, 7) is 4.79. The predicted molar refractivity (Wildman–Crippen MR) is 70.2 cm³/mol. The van der Waals surface area contributed by atoms with Crippen LogP contribution in [0.4, 0.5) is 0 Å². The number of nitrogens with two attached hydrogens (primary N) is 1. The quantitative estimate of drug-likeness (QED) is 0.732. The lowest BCUT2D eigenvalue weighted by Gasteiger charge is -2.39. The lowest BCUT2D eigenvalue weighted by molar-refractivity contribution is 0.0336. The number of methoxy groups -OCH3 is 2. The maximum absolute atomic E-state index is 5.96. The lowest BCUT2D eigenvalue weighted by Crippen LogP contribution is -2.48. The molecule has 1 atom stereocenters. The molecule has 0 saturated heterocycles. The van der Waals surface area contributed by atoms with E-state index in [0.29, 0.717) is 18.1 Å². The Morgan fingerprint density at radius 1 is 1.18 bits per heavy atom. The molecule has 102 valence electrons. The van der Waals surface area contributed by atoms with Crippen LogP contribution in [0.2, 0.25) is 0 Å². The van der Waals surface area contributed by atoms with Crippen molar-refractivity contribution in [3.8, 4) is 0 Å². The molecule has 0 aromatic heterocycles. The fourth-order valence-electron chi connectivity index (χ4n) is 2.73. The molecule has 2 N–H and O–H groups in total. The summed E-state index contributed by atoms with van der Waals surface area (Å²) in [4.78, 5) is 2.53. The second kappa shape index (κ2) is 8.03. The van der Waals surface area contributed by atoms with Crippen LogP contribution in [0.3, 0.4) is 0 Å². The maximum atomic E-state index is 5.96. The van der Waals surface area contributed by atoms with Gasteiger partial charge in [-0.05, 0) is 32.6 Å². The van der Waals surface area contributed by atoms with E-state index in [-0.39, 0.29) is 0 Å². The Kier molecular flexibility index (Phi) is 7.04. The van der Waals surface area contributed by atoms with Gasteiger partial charge in [-0.1, -0.05) is 0 Å². The van der Waals surface area contributed by atoms with E-state index in [1.165, 1.54) is 12.8 Å². The Balaban J connectivity index is 2.48. The molecule has 0 heterocycles. The Morgan fingerprint density at radius 2 is 1.82 bits per heavy atom. The minimum absolute atomic E-state index is 0.410. The van der Waals surface area contributed by atoms with Crippen molar-refractivity contribution in [1.82, 2.24) is 4.90 Å². The van der Waals surface area contributed by atoms with E-state index in [0.717, 1.165) is 32.6 Å². The van der Waals surface area contributed by atoms with Crippen molar-refractivity contribution in [2.45, 2.75) is 50.7 Å². The van der Waals surface area contributed by atoms with E-state index < -0.39 is 0 Å². The topological polar surface area (TPSA) is 47.7 Å². The first-order valence-electron chi connectivity index (χ1n) is 6.68. The summed E-state index contributed by atoms with van der Waals surface area (Å²) >= 11 is 0. The third-order valence-corrected chi connectivity index (χ3v) is 3.74. The predicted octanol–water partition coefficient (Wildman–Crippen LogP) is 1.24. The zero-order valence-corrected chi connectivity index (χ0v) is 11.5. The van der Waals surface area contributed by atoms with Gasteiger partial charge in [-0.15, -0.1) is 0 Å². The van der Waals surface area contributed by atoms with Gasteiger partial charge < -0.3 is 15.2 Å². The van der Waals surface area contributed by atoms with Gasteiger partial charge in [-0.3, -0.25) is 4.90 Å². The van der Waals surface area contributed by atoms with Crippen molar-refractivity contribution in [3.05, 3.63) is 0 Å². The van der Waals surface area contributed by atoms with Crippen LogP contribution in [-0.2, 0) is 9.47 Å². The first kappa shape index (κ1) is 14.9. The van der Waals surface area contributed by atoms with Crippen LogP contribution in [0, 0.1) is 0 Å². The normalized spacial score (nSPS) is 27.4. The third-order valence-electron chi connectivity index (χ3n) is 3.74. The highest BCUT2D eigenvalue weighted by Crippen LogP contribution is 2.23. The number of ether oxygens (including phenoxy) is 2. The standard InChI is InChI=1S/C13H28N2O2/c1-11(10-17-3)15(8-9-16-2)13-6-4-12(14)5-7-13/h11-13H,4-10,14H2,1-3H3. The molecule has 0 aliphatic heterocycles. The molecule has 1 aliphatic rings. The van der Waals surface area contributed by atoms with Crippen LogP contribution in [0.1, 0.15) is 32.6 Å². The van der Waals surface area contributed by atoms with Gasteiger partial charge in [0, 0.05) is 38.9 Å². The van der Waals surface area contributed by atoms with Gasteiger partial charge in [-0.25, -0.2) is 0 Å². The van der Waals surface area contributed by atoms with Crippen LogP contribution >= 0.6 is 0 Å². The minimum Gasteiger partial charge on any atom is -0.383 e. The summed E-state index contributed by atoms with van der Waals surface area (Å²) in [6.07, 6.45) is 4.71. The highest BCUT2D eigenvalue weighted by Gasteiger charge is 2.27. The fraction of sp³-hybridized carbons (Fsp3) is 1.00. The van der Waals surface area contributed by atoms with Crippen LogP contribution < -0.4 is 5.73 Å². The molecule has 4 nitrogen and oxygen atoms in total. The molecule has 1 unspecified atom stereocenters. The van der Waals surface area contributed by atoms with Crippen LogP contribution in [0.25, 0.3) is 0 Å². The molecule has 17 heavy (non-hydrogen) atoms. The summed E-state index contributed by atoms with van der Waals surface area (Å²) in [5.74, 6) is 0.